The van der Waals surface area contributed by atoms with E-state index in [-0.39, 0.29) is 5.97 Å². The molecule has 1 aromatic carbocycles. The maximum Gasteiger partial charge on any atom is 0.308 e. The third kappa shape index (κ3) is 4.53. The van der Waals surface area contributed by atoms with Gasteiger partial charge in [-0.3, -0.25) is 4.79 Å². The van der Waals surface area contributed by atoms with Gasteiger partial charge in [0.05, 0.1) is 6.21 Å². The average Bonchev–Trinajstić information content (AvgIpc) is 2.90. The predicted molar refractivity (Wildman–Crippen MR) is 103 cm³/mol. The van der Waals surface area contributed by atoms with Crippen LogP contribution in [0.15, 0.2) is 50.1 Å². The minimum absolute atomic E-state index is 0.324. The zero-order valence-corrected chi connectivity index (χ0v) is 16.3. The molecule has 130 valence electrons. The van der Waals surface area contributed by atoms with Crippen LogP contribution in [0.2, 0.25) is 0 Å². The molecule has 2 unspecified atom stereocenters. The Bertz CT molecular complexity index is 717. The minimum atomic E-state index is -1.31. The standard InChI is InChI=1S/C18H23NO3S2/c1-13-8-6-9-15(12-19-24(21)18(3,4)5)17(13)23-11-7-10-16(23)22-14(2)20/h6-12,23H,1-5H3/b19-12+. The molecule has 0 aromatic heterocycles. The SMILES string of the molecule is CC(=O)OC1=CC=C[SH]1c1c(C)cccc1/C=N/[S+]([O-])C(C)(C)C. The Morgan fingerprint density at radius 1 is 1.38 bits per heavy atom. The molecule has 4 nitrogen and oxygen atoms in total. The highest BCUT2D eigenvalue weighted by Crippen LogP contribution is 2.51. The number of carbonyl (C=O) groups excluding carboxylic acids is 1. The largest absolute Gasteiger partial charge is 0.591 e. The molecule has 1 aliphatic heterocycles. The zero-order chi connectivity index (χ0) is 17.9. The molecule has 2 atom stereocenters. The Balaban J connectivity index is 2.38. The summed E-state index contributed by atoms with van der Waals surface area (Å²) in [5.41, 5.74) is 2.00. The van der Waals surface area contributed by atoms with Gasteiger partial charge < -0.3 is 9.29 Å². The molecular weight excluding hydrogens is 342 g/mol. The van der Waals surface area contributed by atoms with E-state index in [2.05, 4.69) is 4.40 Å². The number of allylic oxidation sites excluding steroid dienone is 2. The molecule has 1 heterocycles. The lowest BCUT2D eigenvalue weighted by Crippen LogP contribution is -2.25. The monoisotopic (exact) mass is 365 g/mol. The Labute approximate surface area is 149 Å². The van der Waals surface area contributed by atoms with E-state index in [0.29, 0.717) is 5.09 Å². The minimum Gasteiger partial charge on any atom is -0.591 e. The van der Waals surface area contributed by atoms with E-state index in [1.54, 1.807) is 6.21 Å². The molecule has 0 radical (unpaired) electrons. The molecule has 24 heavy (non-hydrogen) atoms. The van der Waals surface area contributed by atoms with Crippen molar-refractivity contribution in [1.29, 1.82) is 0 Å². The Hall–Kier alpha value is -1.50. The van der Waals surface area contributed by atoms with E-state index < -0.39 is 27.0 Å². The van der Waals surface area contributed by atoms with Crippen LogP contribution in [0, 0.1) is 6.92 Å². The van der Waals surface area contributed by atoms with Crippen LogP contribution in [0.25, 0.3) is 0 Å². The lowest BCUT2D eigenvalue weighted by atomic mass is 10.1. The number of esters is 1. The molecular formula is C18H23NO3S2. The van der Waals surface area contributed by atoms with Gasteiger partial charge in [-0.2, -0.15) is 0 Å². The third-order valence-electron chi connectivity index (χ3n) is 3.28. The summed E-state index contributed by atoms with van der Waals surface area (Å²) < 4.78 is 21.4. The smallest absolute Gasteiger partial charge is 0.308 e. The van der Waals surface area contributed by atoms with Crippen LogP contribution in [-0.4, -0.2) is 21.5 Å². The summed E-state index contributed by atoms with van der Waals surface area (Å²) in [4.78, 5) is 12.4. The molecule has 0 aliphatic carbocycles. The van der Waals surface area contributed by atoms with Crippen molar-refractivity contribution in [1.82, 2.24) is 0 Å². The molecule has 0 spiro atoms. The van der Waals surface area contributed by atoms with E-state index in [1.807, 2.05) is 63.5 Å². The van der Waals surface area contributed by atoms with Crippen LogP contribution in [0.4, 0.5) is 0 Å². The molecule has 0 bridgehead atoms. The summed E-state index contributed by atoms with van der Waals surface area (Å²) in [6, 6.07) is 5.92. The second-order valence-corrected chi connectivity index (χ2v) is 10.3. The summed E-state index contributed by atoms with van der Waals surface area (Å²) >= 11 is -1.31. The van der Waals surface area contributed by atoms with Crippen LogP contribution in [-0.2, 0) is 20.9 Å². The topological polar surface area (TPSA) is 61.7 Å². The number of hydrogen-bond acceptors (Lipinski definition) is 4. The first kappa shape index (κ1) is 18.8. The van der Waals surface area contributed by atoms with Gasteiger partial charge in [-0.1, -0.05) is 28.7 Å². The predicted octanol–water partition coefficient (Wildman–Crippen LogP) is 4.17. The van der Waals surface area contributed by atoms with Gasteiger partial charge in [-0.15, -0.1) is 10.9 Å². The average molecular weight is 366 g/mol. The van der Waals surface area contributed by atoms with E-state index in [0.717, 1.165) is 16.0 Å². The quantitative estimate of drug-likeness (QED) is 0.377. The van der Waals surface area contributed by atoms with Crippen LogP contribution in [0.3, 0.4) is 0 Å². The van der Waals surface area contributed by atoms with Gasteiger partial charge in [-0.05, 0) is 44.7 Å². The number of aryl methyl sites for hydroxylation is 1. The van der Waals surface area contributed by atoms with Crippen molar-refractivity contribution < 1.29 is 14.1 Å². The highest BCUT2D eigenvalue weighted by atomic mass is 32.2. The molecule has 1 aliphatic rings. The fraction of sp³-hybridized carbons (Fsp3) is 0.333. The van der Waals surface area contributed by atoms with Crippen molar-refractivity contribution in [3.63, 3.8) is 0 Å². The summed E-state index contributed by atoms with van der Waals surface area (Å²) in [6.45, 7) is 9.10. The van der Waals surface area contributed by atoms with Crippen LogP contribution in [0.1, 0.15) is 38.8 Å². The lowest BCUT2D eigenvalue weighted by molar-refractivity contribution is -0.135. The second kappa shape index (κ2) is 7.59. The molecule has 0 fully saturated rings. The molecule has 6 heteroatoms. The lowest BCUT2D eigenvalue weighted by Gasteiger charge is -2.22. The number of thiol groups is 1. The summed E-state index contributed by atoms with van der Waals surface area (Å²) in [5.74, 6) is -0.324. The van der Waals surface area contributed by atoms with Crippen molar-refractivity contribution in [2.75, 3.05) is 0 Å². The molecule has 2 rings (SSSR count). The van der Waals surface area contributed by atoms with E-state index in [4.69, 9.17) is 4.74 Å². The maximum atomic E-state index is 12.2. The van der Waals surface area contributed by atoms with Crippen LogP contribution >= 0.6 is 10.9 Å². The fourth-order valence-electron chi connectivity index (χ4n) is 2.16. The van der Waals surface area contributed by atoms with Gasteiger partial charge in [0.15, 0.2) is 5.09 Å². The number of benzene rings is 1. The Morgan fingerprint density at radius 3 is 2.71 bits per heavy atom. The van der Waals surface area contributed by atoms with E-state index >= 15 is 0 Å². The molecule has 0 saturated heterocycles. The van der Waals surface area contributed by atoms with E-state index in [1.165, 1.54) is 6.92 Å². The van der Waals surface area contributed by atoms with E-state index in [9.17, 15) is 9.35 Å². The number of nitrogens with zero attached hydrogens (tertiary/aromatic N) is 1. The number of hydrogen-bond donors (Lipinski definition) is 1. The Kier molecular flexibility index (Phi) is 5.96. The van der Waals surface area contributed by atoms with Gasteiger partial charge >= 0.3 is 5.97 Å². The van der Waals surface area contributed by atoms with Gasteiger partial charge in [0.25, 0.3) is 0 Å². The number of carbonyl (C=O) groups is 1. The first-order chi connectivity index (χ1) is 11.2. The first-order valence-corrected chi connectivity index (χ1v) is 10.1. The molecule has 0 N–H and O–H groups in total. The Morgan fingerprint density at radius 2 is 2.08 bits per heavy atom. The highest BCUT2D eigenvalue weighted by Gasteiger charge is 2.26. The highest BCUT2D eigenvalue weighted by molar-refractivity contribution is 8.23. The van der Waals surface area contributed by atoms with Crippen LogP contribution < -0.4 is 0 Å². The maximum absolute atomic E-state index is 12.2. The first-order valence-electron chi connectivity index (χ1n) is 7.62. The summed E-state index contributed by atoms with van der Waals surface area (Å²) in [7, 11) is -0.889. The van der Waals surface area contributed by atoms with Crippen molar-refractivity contribution >= 4 is 34.4 Å². The molecule has 0 saturated carbocycles. The van der Waals surface area contributed by atoms with Gasteiger partial charge in [0.2, 0.25) is 0 Å². The van der Waals surface area contributed by atoms with Gasteiger partial charge in [0, 0.05) is 17.4 Å². The molecule has 1 aromatic rings. The number of ether oxygens (including phenoxy) is 1. The zero-order valence-electron chi connectivity index (χ0n) is 14.6. The fourth-order valence-corrected chi connectivity index (χ4v) is 4.80. The van der Waals surface area contributed by atoms with Gasteiger partial charge in [-0.25, -0.2) is 0 Å². The second-order valence-electron chi connectivity index (χ2n) is 6.42. The van der Waals surface area contributed by atoms with Crippen molar-refractivity contribution in [3.8, 4) is 0 Å². The van der Waals surface area contributed by atoms with Gasteiger partial charge in [0.1, 0.15) is 16.1 Å². The summed E-state index contributed by atoms with van der Waals surface area (Å²) in [6.07, 6.45) is 5.40. The summed E-state index contributed by atoms with van der Waals surface area (Å²) in [5, 5.41) is 2.71. The number of rotatable bonds is 4. The van der Waals surface area contributed by atoms with Crippen LogP contribution in [0.5, 0.6) is 0 Å². The normalized spacial score (nSPS) is 20.2. The van der Waals surface area contributed by atoms with Crippen molar-refractivity contribution in [3.05, 3.63) is 52.0 Å². The third-order valence-corrected chi connectivity index (χ3v) is 6.90. The van der Waals surface area contributed by atoms with Crippen molar-refractivity contribution in [2.45, 2.75) is 44.3 Å². The van der Waals surface area contributed by atoms with Crippen molar-refractivity contribution in [2.24, 2.45) is 4.40 Å². The molecule has 0 amide bonds.